The van der Waals surface area contributed by atoms with Crippen LogP contribution in [0.15, 0.2) is 48.8 Å². The van der Waals surface area contributed by atoms with Crippen LogP contribution in [0.5, 0.6) is 5.88 Å². The molecule has 4 rings (SSSR count). The summed E-state index contributed by atoms with van der Waals surface area (Å²) in [7, 11) is 1.50. The topological polar surface area (TPSA) is 91.4 Å². The fourth-order valence-corrected chi connectivity index (χ4v) is 4.23. The van der Waals surface area contributed by atoms with Crippen molar-refractivity contribution in [2.75, 3.05) is 20.3 Å². The Morgan fingerprint density at radius 2 is 1.86 bits per heavy atom. The van der Waals surface area contributed by atoms with Crippen molar-refractivity contribution in [3.05, 3.63) is 70.6 Å². The lowest BCUT2D eigenvalue weighted by Gasteiger charge is -2.15. The molecule has 8 nitrogen and oxygen atoms in total. The van der Waals surface area contributed by atoms with Gasteiger partial charge in [-0.2, -0.15) is 9.67 Å². The van der Waals surface area contributed by atoms with Crippen LogP contribution in [0.25, 0.3) is 17.0 Å². The summed E-state index contributed by atoms with van der Waals surface area (Å²) in [6.07, 6.45) is 4.27. The van der Waals surface area contributed by atoms with E-state index in [1.54, 1.807) is 35.0 Å². The number of aromatic nitrogens is 3. The minimum atomic E-state index is -0.536. The third-order valence-corrected chi connectivity index (χ3v) is 6.18. The maximum absolute atomic E-state index is 13.8. The lowest BCUT2D eigenvalue weighted by atomic mass is 9.98. The van der Waals surface area contributed by atoms with Crippen LogP contribution in [-0.4, -0.2) is 46.8 Å². The summed E-state index contributed by atoms with van der Waals surface area (Å²) in [4.78, 5) is 28.3. The highest BCUT2D eigenvalue weighted by Gasteiger charge is 2.46. The van der Waals surface area contributed by atoms with E-state index in [1.165, 1.54) is 11.8 Å². The number of carbonyl (C=O) groups is 2. The van der Waals surface area contributed by atoms with Gasteiger partial charge in [0.15, 0.2) is 12.4 Å². The van der Waals surface area contributed by atoms with Gasteiger partial charge in [0.2, 0.25) is 0 Å². The number of amides is 2. The molecular formula is C26H27ClN4O4. The molecule has 0 saturated carbocycles. The van der Waals surface area contributed by atoms with Crippen molar-refractivity contribution in [2.24, 2.45) is 0 Å². The monoisotopic (exact) mass is 494 g/mol. The molecule has 0 atom stereocenters. The van der Waals surface area contributed by atoms with Crippen LogP contribution in [0.2, 0.25) is 5.02 Å². The van der Waals surface area contributed by atoms with E-state index in [-0.39, 0.29) is 35.9 Å². The van der Waals surface area contributed by atoms with Crippen LogP contribution >= 0.6 is 11.6 Å². The lowest BCUT2D eigenvalue weighted by Crippen LogP contribution is -2.40. The molecule has 182 valence electrons. The molecule has 0 aliphatic carbocycles. The molecule has 1 aromatic carbocycles. The molecule has 0 bridgehead atoms. The van der Waals surface area contributed by atoms with Crippen molar-refractivity contribution in [2.45, 2.75) is 33.1 Å². The maximum Gasteiger partial charge on any atom is 0.326 e. The second-order valence-electron chi connectivity index (χ2n) is 8.56. The fraction of sp³-hybridized carbons (Fsp3) is 0.308. The minimum Gasteiger partial charge on any atom is -0.858 e. The number of nitrogens with zero attached hydrogens (tertiary/aromatic N) is 4. The highest BCUT2D eigenvalue weighted by atomic mass is 35.5. The van der Waals surface area contributed by atoms with Crippen molar-refractivity contribution in [1.82, 2.24) is 14.7 Å². The van der Waals surface area contributed by atoms with Gasteiger partial charge in [-0.25, -0.2) is 4.68 Å². The smallest absolute Gasteiger partial charge is 0.326 e. The SMILES string of the molecule is CCc1ccc[n+](C2=C(c3c(C(C)C)nn(-c4ccc(Cl)cc4)c3[O-])C(=O)N(CCOC)C2=O)c1. The second kappa shape index (κ2) is 10.0. The molecule has 35 heavy (non-hydrogen) atoms. The van der Waals surface area contributed by atoms with Crippen LogP contribution in [0.4, 0.5) is 0 Å². The number of halogens is 1. The highest BCUT2D eigenvalue weighted by molar-refractivity contribution is 6.45. The Labute approximate surface area is 209 Å². The predicted octanol–water partition coefficient (Wildman–Crippen LogP) is 2.96. The predicted molar refractivity (Wildman–Crippen MR) is 130 cm³/mol. The summed E-state index contributed by atoms with van der Waals surface area (Å²) in [5.41, 5.74) is 2.27. The van der Waals surface area contributed by atoms with E-state index in [0.29, 0.717) is 16.4 Å². The molecule has 2 amide bonds. The van der Waals surface area contributed by atoms with Crippen LogP contribution in [0.1, 0.15) is 43.5 Å². The quantitative estimate of drug-likeness (QED) is 0.354. The van der Waals surface area contributed by atoms with Gasteiger partial charge in [-0.3, -0.25) is 14.5 Å². The summed E-state index contributed by atoms with van der Waals surface area (Å²) in [6, 6.07) is 10.5. The Morgan fingerprint density at radius 1 is 1.14 bits per heavy atom. The Morgan fingerprint density at radius 3 is 2.49 bits per heavy atom. The molecule has 3 aromatic rings. The summed E-state index contributed by atoms with van der Waals surface area (Å²) >= 11 is 6.02. The van der Waals surface area contributed by atoms with E-state index >= 15 is 0 Å². The van der Waals surface area contributed by atoms with Crippen LogP contribution in [0.3, 0.4) is 0 Å². The summed E-state index contributed by atoms with van der Waals surface area (Å²) in [5.74, 6) is -1.66. The molecule has 9 heteroatoms. The molecule has 1 aliphatic heterocycles. The number of benzene rings is 1. The van der Waals surface area contributed by atoms with Crippen molar-refractivity contribution >= 4 is 34.7 Å². The van der Waals surface area contributed by atoms with Crippen molar-refractivity contribution in [3.63, 3.8) is 0 Å². The Bertz CT molecular complexity index is 1310. The first-order valence-corrected chi connectivity index (χ1v) is 11.8. The van der Waals surface area contributed by atoms with Gasteiger partial charge in [0.25, 0.3) is 11.6 Å². The van der Waals surface area contributed by atoms with E-state index in [0.717, 1.165) is 16.9 Å². The molecule has 0 N–H and O–H groups in total. The lowest BCUT2D eigenvalue weighted by molar-refractivity contribution is -0.577. The third kappa shape index (κ3) is 4.47. The minimum absolute atomic E-state index is 0.0540. The molecule has 0 fully saturated rings. The number of imide groups is 1. The van der Waals surface area contributed by atoms with Gasteiger partial charge >= 0.3 is 5.91 Å². The standard InChI is InChI=1S/C26H27ClN4O4/c1-5-17-7-6-12-29(15-17)23-21(24(32)30(26(23)34)13-14-35-4)20-22(16(2)3)28-31(25(20)33)19-10-8-18(27)9-11-19/h6-12,15-16H,5,13-14H2,1-4H3. The first-order valence-electron chi connectivity index (χ1n) is 11.4. The second-order valence-corrected chi connectivity index (χ2v) is 9.00. The third-order valence-electron chi connectivity index (χ3n) is 5.93. The number of aryl methyl sites for hydroxylation is 1. The van der Waals surface area contributed by atoms with Gasteiger partial charge in [0.1, 0.15) is 5.57 Å². The van der Waals surface area contributed by atoms with E-state index < -0.39 is 17.7 Å². The molecule has 0 radical (unpaired) electrons. The van der Waals surface area contributed by atoms with E-state index in [9.17, 15) is 14.7 Å². The van der Waals surface area contributed by atoms with Crippen molar-refractivity contribution in [3.8, 4) is 11.6 Å². The molecule has 1 aliphatic rings. The van der Waals surface area contributed by atoms with Gasteiger partial charge in [-0.15, -0.1) is 0 Å². The van der Waals surface area contributed by atoms with E-state index in [2.05, 4.69) is 5.10 Å². The molecular weight excluding hydrogens is 468 g/mol. The zero-order chi connectivity index (χ0) is 25.3. The normalized spacial score (nSPS) is 14.1. The van der Waals surface area contributed by atoms with Crippen LogP contribution in [-0.2, 0) is 20.7 Å². The Kier molecular flexibility index (Phi) is 7.05. The number of hydrogen-bond donors (Lipinski definition) is 0. The zero-order valence-corrected chi connectivity index (χ0v) is 20.9. The van der Waals surface area contributed by atoms with Crippen molar-refractivity contribution in [1.29, 1.82) is 0 Å². The summed E-state index contributed by atoms with van der Waals surface area (Å²) in [5, 5.41) is 18.9. The first kappa shape index (κ1) is 24.6. The molecule has 2 aromatic heterocycles. The van der Waals surface area contributed by atoms with E-state index in [1.807, 2.05) is 39.1 Å². The average molecular weight is 495 g/mol. The largest absolute Gasteiger partial charge is 0.858 e. The molecule has 3 heterocycles. The van der Waals surface area contributed by atoms with Crippen LogP contribution in [0, 0.1) is 0 Å². The van der Waals surface area contributed by atoms with Gasteiger partial charge in [-0.05, 0) is 48.6 Å². The number of pyridine rings is 1. The number of rotatable bonds is 8. The maximum atomic E-state index is 13.8. The number of methoxy groups -OCH3 is 1. The summed E-state index contributed by atoms with van der Waals surface area (Å²) in [6.45, 7) is 6.05. The average Bonchev–Trinajstić information content (AvgIpc) is 3.31. The highest BCUT2D eigenvalue weighted by Crippen LogP contribution is 2.39. The summed E-state index contributed by atoms with van der Waals surface area (Å²) < 4.78 is 8.00. The molecule has 0 spiro atoms. The van der Waals surface area contributed by atoms with Gasteiger partial charge in [-0.1, -0.05) is 32.4 Å². The number of carbonyl (C=O) groups excluding carboxylic acids is 2. The zero-order valence-electron chi connectivity index (χ0n) is 20.1. The fourth-order valence-electron chi connectivity index (χ4n) is 4.10. The molecule has 0 unspecified atom stereocenters. The first-order chi connectivity index (χ1) is 16.8. The van der Waals surface area contributed by atoms with Crippen molar-refractivity contribution < 1.29 is 24.0 Å². The Hall–Kier alpha value is -3.49. The van der Waals surface area contributed by atoms with Gasteiger partial charge in [0, 0.05) is 29.3 Å². The van der Waals surface area contributed by atoms with Gasteiger partial charge < -0.3 is 9.84 Å². The number of hydrogen-bond acceptors (Lipinski definition) is 5. The Balaban J connectivity index is 1.99. The molecule has 0 saturated heterocycles. The number of ether oxygens (including phenoxy) is 1. The van der Waals surface area contributed by atoms with E-state index in [4.69, 9.17) is 16.3 Å². The van der Waals surface area contributed by atoms with Crippen LogP contribution < -0.4 is 9.67 Å². The van der Waals surface area contributed by atoms with Gasteiger partial charge in [0.05, 0.1) is 24.5 Å².